The zero-order chi connectivity index (χ0) is 17.9. The molecule has 2 fully saturated rings. The van der Waals surface area contributed by atoms with Gasteiger partial charge in [-0.1, -0.05) is 31.0 Å². The summed E-state index contributed by atoms with van der Waals surface area (Å²) in [5.41, 5.74) is 8.10. The number of anilines is 3. The first-order valence-electron chi connectivity index (χ1n) is 9.84. The SMILES string of the molecule is Cc1ccccc1Nc1nc(N)nc(C[NH+]2CC[C@H]3CCCC[C@@H]3C2)n1. The number of benzene rings is 1. The van der Waals surface area contributed by atoms with E-state index in [-0.39, 0.29) is 5.95 Å². The molecular formula is C20H29N6+. The Bertz CT molecular complexity index is 762. The zero-order valence-electron chi connectivity index (χ0n) is 15.5. The number of hydrogen-bond acceptors (Lipinski definition) is 5. The molecule has 1 aromatic heterocycles. The van der Waals surface area contributed by atoms with Gasteiger partial charge in [-0.2, -0.15) is 15.0 Å². The topological polar surface area (TPSA) is 81.2 Å². The lowest BCUT2D eigenvalue weighted by Gasteiger charge is -2.38. The van der Waals surface area contributed by atoms with Crippen LogP contribution in [0.5, 0.6) is 0 Å². The van der Waals surface area contributed by atoms with Gasteiger partial charge < -0.3 is 16.0 Å². The third-order valence-electron chi connectivity index (χ3n) is 5.98. The van der Waals surface area contributed by atoms with Gasteiger partial charge in [-0.05, 0) is 43.7 Å². The molecule has 3 atom stereocenters. The zero-order valence-corrected chi connectivity index (χ0v) is 15.5. The highest BCUT2D eigenvalue weighted by Crippen LogP contribution is 2.32. The van der Waals surface area contributed by atoms with Gasteiger partial charge in [-0.25, -0.2) is 0 Å². The maximum absolute atomic E-state index is 5.95. The van der Waals surface area contributed by atoms with Crippen molar-refractivity contribution in [1.29, 1.82) is 0 Å². The van der Waals surface area contributed by atoms with E-state index in [0.29, 0.717) is 5.95 Å². The molecule has 6 nitrogen and oxygen atoms in total. The average molecular weight is 353 g/mol. The molecule has 2 heterocycles. The van der Waals surface area contributed by atoms with Crippen molar-refractivity contribution in [3.8, 4) is 0 Å². The van der Waals surface area contributed by atoms with Crippen LogP contribution in [0, 0.1) is 18.8 Å². The highest BCUT2D eigenvalue weighted by molar-refractivity contribution is 5.58. The van der Waals surface area contributed by atoms with Crippen LogP contribution in [0.2, 0.25) is 0 Å². The Labute approximate surface area is 155 Å². The number of aromatic nitrogens is 3. The number of rotatable bonds is 4. The van der Waals surface area contributed by atoms with Crippen LogP contribution >= 0.6 is 0 Å². The maximum Gasteiger partial charge on any atom is 0.232 e. The molecule has 6 heteroatoms. The molecule has 1 unspecified atom stereocenters. The highest BCUT2D eigenvalue weighted by Gasteiger charge is 2.33. The molecule has 138 valence electrons. The van der Waals surface area contributed by atoms with Crippen LogP contribution in [0.1, 0.15) is 43.5 Å². The van der Waals surface area contributed by atoms with Gasteiger partial charge in [0.1, 0.15) is 6.54 Å². The number of fused-ring (bicyclic) bond motifs is 1. The molecule has 0 spiro atoms. The molecular weight excluding hydrogens is 324 g/mol. The van der Waals surface area contributed by atoms with Crippen molar-refractivity contribution in [2.24, 2.45) is 11.8 Å². The van der Waals surface area contributed by atoms with E-state index in [1.165, 1.54) is 45.2 Å². The highest BCUT2D eigenvalue weighted by atomic mass is 15.2. The van der Waals surface area contributed by atoms with Gasteiger partial charge >= 0.3 is 0 Å². The van der Waals surface area contributed by atoms with Gasteiger partial charge in [0.05, 0.1) is 13.1 Å². The summed E-state index contributed by atoms with van der Waals surface area (Å²) in [7, 11) is 0. The van der Waals surface area contributed by atoms with Gasteiger partial charge in [-0.3, -0.25) is 0 Å². The molecule has 2 aromatic rings. The molecule has 0 radical (unpaired) electrons. The molecule has 1 saturated carbocycles. The number of nitrogens with one attached hydrogen (secondary N) is 2. The molecule has 2 aliphatic rings. The monoisotopic (exact) mass is 353 g/mol. The molecule has 1 aromatic carbocycles. The molecule has 0 amide bonds. The molecule has 26 heavy (non-hydrogen) atoms. The summed E-state index contributed by atoms with van der Waals surface area (Å²) in [5.74, 6) is 3.45. The fraction of sp³-hybridized carbons (Fsp3) is 0.550. The number of nitrogens with zero attached hydrogens (tertiary/aromatic N) is 3. The lowest BCUT2D eigenvalue weighted by Crippen LogP contribution is -3.12. The van der Waals surface area contributed by atoms with Crippen LogP contribution in [-0.2, 0) is 6.54 Å². The van der Waals surface area contributed by atoms with Crippen LogP contribution < -0.4 is 16.0 Å². The van der Waals surface area contributed by atoms with Gasteiger partial charge in [-0.15, -0.1) is 0 Å². The van der Waals surface area contributed by atoms with Crippen molar-refractivity contribution in [3.63, 3.8) is 0 Å². The number of para-hydroxylation sites is 1. The fourth-order valence-corrected chi connectivity index (χ4v) is 4.59. The molecule has 1 aliphatic heterocycles. The first-order valence-corrected chi connectivity index (χ1v) is 9.84. The number of aryl methyl sites for hydroxylation is 1. The normalized spacial score (nSPS) is 25.5. The van der Waals surface area contributed by atoms with Gasteiger partial charge in [0.2, 0.25) is 11.9 Å². The van der Waals surface area contributed by atoms with Crippen molar-refractivity contribution in [3.05, 3.63) is 35.7 Å². The van der Waals surface area contributed by atoms with Crippen LogP contribution in [0.25, 0.3) is 0 Å². The maximum atomic E-state index is 5.95. The van der Waals surface area contributed by atoms with E-state index < -0.39 is 0 Å². The van der Waals surface area contributed by atoms with E-state index in [1.54, 1.807) is 4.90 Å². The van der Waals surface area contributed by atoms with E-state index in [2.05, 4.69) is 33.3 Å². The minimum absolute atomic E-state index is 0.290. The van der Waals surface area contributed by atoms with E-state index in [4.69, 9.17) is 5.73 Å². The number of nitrogens with two attached hydrogens (primary N) is 1. The van der Waals surface area contributed by atoms with Crippen LogP contribution in [0.15, 0.2) is 24.3 Å². The predicted molar refractivity (Wildman–Crippen MR) is 103 cm³/mol. The summed E-state index contributed by atoms with van der Waals surface area (Å²) in [6, 6.07) is 8.10. The van der Waals surface area contributed by atoms with Crippen LogP contribution in [0.3, 0.4) is 0 Å². The number of hydrogen-bond donors (Lipinski definition) is 3. The number of likely N-dealkylation sites (tertiary alicyclic amines) is 1. The first kappa shape index (κ1) is 17.2. The molecule has 4 N–H and O–H groups in total. The van der Waals surface area contributed by atoms with Gasteiger partial charge in [0, 0.05) is 11.6 Å². The number of quaternary nitrogens is 1. The van der Waals surface area contributed by atoms with E-state index in [0.717, 1.165) is 35.5 Å². The van der Waals surface area contributed by atoms with Crippen molar-refractivity contribution < 1.29 is 4.90 Å². The van der Waals surface area contributed by atoms with Gasteiger partial charge in [0.15, 0.2) is 5.82 Å². The van der Waals surface area contributed by atoms with E-state index in [9.17, 15) is 0 Å². The molecule has 1 aliphatic carbocycles. The van der Waals surface area contributed by atoms with Crippen molar-refractivity contribution in [2.45, 2.75) is 45.6 Å². The fourth-order valence-electron chi connectivity index (χ4n) is 4.59. The lowest BCUT2D eigenvalue weighted by atomic mass is 9.75. The average Bonchev–Trinajstić information content (AvgIpc) is 2.63. The third-order valence-corrected chi connectivity index (χ3v) is 5.98. The summed E-state index contributed by atoms with van der Waals surface area (Å²) in [6.45, 7) is 5.36. The quantitative estimate of drug-likeness (QED) is 0.784. The van der Waals surface area contributed by atoms with Crippen LogP contribution in [0.4, 0.5) is 17.6 Å². The summed E-state index contributed by atoms with van der Waals surface area (Å²) in [5, 5.41) is 3.28. The molecule has 4 rings (SSSR count). The second kappa shape index (κ2) is 7.58. The van der Waals surface area contributed by atoms with E-state index >= 15 is 0 Å². The van der Waals surface area contributed by atoms with Gasteiger partial charge in [0.25, 0.3) is 0 Å². The third kappa shape index (κ3) is 3.96. The van der Waals surface area contributed by atoms with Crippen LogP contribution in [-0.4, -0.2) is 28.0 Å². The van der Waals surface area contributed by atoms with Crippen molar-refractivity contribution >= 4 is 17.6 Å². The first-order chi connectivity index (χ1) is 12.7. The minimum atomic E-state index is 0.290. The lowest BCUT2D eigenvalue weighted by molar-refractivity contribution is -0.924. The smallest absolute Gasteiger partial charge is 0.232 e. The minimum Gasteiger partial charge on any atom is -0.368 e. The molecule has 0 bridgehead atoms. The summed E-state index contributed by atoms with van der Waals surface area (Å²) < 4.78 is 0. The Morgan fingerprint density at radius 1 is 1.08 bits per heavy atom. The Kier molecular flexibility index (Phi) is 5.02. The Balaban J connectivity index is 1.45. The largest absolute Gasteiger partial charge is 0.368 e. The Hall–Kier alpha value is -2.21. The number of piperidine rings is 1. The second-order valence-corrected chi connectivity index (χ2v) is 7.85. The standard InChI is InChI=1S/C20H28N6/c1-14-6-2-5-9-17(14)22-20-24-18(23-19(21)25-20)13-26-11-10-15-7-3-4-8-16(15)12-26/h2,5-6,9,15-16H,3-4,7-8,10-13H2,1H3,(H3,21,22,23,24,25)/p+1/t15-,16-/m1/s1. The summed E-state index contributed by atoms with van der Waals surface area (Å²) >= 11 is 0. The summed E-state index contributed by atoms with van der Waals surface area (Å²) in [4.78, 5) is 14.9. The Morgan fingerprint density at radius 3 is 2.73 bits per heavy atom. The second-order valence-electron chi connectivity index (χ2n) is 7.85. The number of nitrogen functional groups attached to an aromatic ring is 1. The Morgan fingerprint density at radius 2 is 1.88 bits per heavy atom. The molecule has 1 saturated heterocycles. The predicted octanol–water partition coefficient (Wildman–Crippen LogP) is 2.10. The van der Waals surface area contributed by atoms with Crippen molar-refractivity contribution in [2.75, 3.05) is 24.1 Å². The van der Waals surface area contributed by atoms with Crippen molar-refractivity contribution in [1.82, 2.24) is 15.0 Å². The summed E-state index contributed by atoms with van der Waals surface area (Å²) in [6.07, 6.45) is 7.00. The van der Waals surface area contributed by atoms with E-state index in [1.807, 2.05) is 18.2 Å².